The normalized spacial score (nSPS) is 10.5. The van der Waals surface area contributed by atoms with Crippen LogP contribution in [0.3, 0.4) is 0 Å². The smallest absolute Gasteiger partial charge is 0.396 e. The molecule has 0 fully saturated rings. The van der Waals surface area contributed by atoms with E-state index in [-0.39, 0.29) is 5.63 Å². The lowest BCUT2D eigenvalue weighted by atomic mass is 10.1. The zero-order valence-corrected chi connectivity index (χ0v) is 8.75. The molecule has 3 rings (SSSR count). The number of benzene rings is 2. The fourth-order valence-electron chi connectivity index (χ4n) is 1.99. The molecule has 0 saturated heterocycles. The third-order valence-corrected chi connectivity index (χ3v) is 2.73. The SMILES string of the molecule is N#[N+]c1cccc2oc(=O)c3ccccc3c12. The first-order valence-electron chi connectivity index (χ1n) is 5.11. The van der Waals surface area contributed by atoms with Crippen molar-refractivity contribution < 1.29 is 4.42 Å². The highest BCUT2D eigenvalue weighted by atomic mass is 16.4. The lowest BCUT2D eigenvalue weighted by Crippen LogP contribution is -1.99. The molecule has 80 valence electrons. The van der Waals surface area contributed by atoms with Crippen molar-refractivity contribution in [3.63, 3.8) is 0 Å². The van der Waals surface area contributed by atoms with Gasteiger partial charge in [-0.15, -0.1) is 0 Å². The first-order chi connectivity index (χ1) is 8.31. The minimum absolute atomic E-state index is 0.386. The van der Waals surface area contributed by atoms with Gasteiger partial charge in [0.1, 0.15) is 11.0 Å². The van der Waals surface area contributed by atoms with Gasteiger partial charge in [-0.05, 0) is 12.1 Å². The van der Waals surface area contributed by atoms with Crippen molar-refractivity contribution in [3.8, 4) is 0 Å². The summed E-state index contributed by atoms with van der Waals surface area (Å²) in [6.07, 6.45) is 0. The van der Waals surface area contributed by atoms with Crippen LogP contribution in [0.15, 0.2) is 51.7 Å². The van der Waals surface area contributed by atoms with E-state index in [1.807, 2.05) is 12.1 Å². The average Bonchev–Trinajstić information content (AvgIpc) is 2.38. The summed E-state index contributed by atoms with van der Waals surface area (Å²) in [7, 11) is 0. The van der Waals surface area contributed by atoms with Crippen molar-refractivity contribution in [2.45, 2.75) is 0 Å². The Morgan fingerprint density at radius 1 is 1.00 bits per heavy atom. The van der Waals surface area contributed by atoms with Crippen LogP contribution in [0.4, 0.5) is 5.69 Å². The molecular weight excluding hydrogens is 216 g/mol. The van der Waals surface area contributed by atoms with Crippen LogP contribution in [-0.4, -0.2) is 0 Å². The number of rotatable bonds is 0. The Bertz CT molecular complexity index is 828. The molecule has 0 bridgehead atoms. The van der Waals surface area contributed by atoms with Gasteiger partial charge in [-0.2, -0.15) is 0 Å². The van der Waals surface area contributed by atoms with Crippen molar-refractivity contribution in [1.29, 1.82) is 5.39 Å². The highest BCUT2D eigenvalue weighted by Gasteiger charge is 2.17. The molecule has 0 saturated carbocycles. The number of hydrogen-bond acceptors (Lipinski definition) is 3. The van der Waals surface area contributed by atoms with Gasteiger partial charge in [-0.25, -0.2) is 4.79 Å². The molecule has 3 aromatic rings. The Labute approximate surface area is 95.7 Å². The summed E-state index contributed by atoms with van der Waals surface area (Å²) in [6.45, 7) is 0. The zero-order chi connectivity index (χ0) is 11.8. The molecule has 1 aromatic heterocycles. The Hall–Kier alpha value is -2.67. The molecule has 0 spiro atoms. The number of diazo groups is 1. The monoisotopic (exact) mass is 223 g/mol. The summed E-state index contributed by atoms with van der Waals surface area (Å²) in [6, 6.07) is 12.1. The molecule has 0 aliphatic rings. The third-order valence-electron chi connectivity index (χ3n) is 2.73. The number of nitrogens with zero attached hydrogens (tertiary/aromatic N) is 2. The zero-order valence-electron chi connectivity index (χ0n) is 8.75. The minimum atomic E-state index is -0.386. The van der Waals surface area contributed by atoms with Crippen LogP contribution in [0.25, 0.3) is 26.7 Å². The predicted molar refractivity (Wildman–Crippen MR) is 64.7 cm³/mol. The Balaban J connectivity index is 2.72. The molecule has 0 radical (unpaired) electrons. The summed E-state index contributed by atoms with van der Waals surface area (Å²) >= 11 is 0. The molecule has 4 heteroatoms. The van der Waals surface area contributed by atoms with Crippen molar-refractivity contribution in [2.75, 3.05) is 0 Å². The Kier molecular flexibility index (Phi) is 1.92. The molecule has 0 aliphatic heterocycles. The van der Waals surface area contributed by atoms with Crippen LogP contribution in [-0.2, 0) is 0 Å². The van der Waals surface area contributed by atoms with E-state index in [0.29, 0.717) is 22.0 Å². The second-order valence-corrected chi connectivity index (χ2v) is 3.69. The Morgan fingerprint density at radius 2 is 1.76 bits per heavy atom. The molecular formula is C13H7N2O2+. The maximum atomic E-state index is 11.7. The quantitative estimate of drug-likeness (QED) is 0.333. The van der Waals surface area contributed by atoms with Gasteiger partial charge in [-0.1, -0.05) is 24.3 Å². The highest BCUT2D eigenvalue weighted by Crippen LogP contribution is 2.31. The molecule has 0 N–H and O–H groups in total. The van der Waals surface area contributed by atoms with E-state index in [1.165, 1.54) is 0 Å². The fraction of sp³-hybridized carbons (Fsp3) is 0. The fourth-order valence-corrected chi connectivity index (χ4v) is 1.99. The van der Waals surface area contributed by atoms with Gasteiger partial charge in [0.2, 0.25) is 5.39 Å². The number of hydrogen-bond donors (Lipinski definition) is 0. The van der Waals surface area contributed by atoms with Crippen molar-refractivity contribution >= 4 is 27.4 Å². The Morgan fingerprint density at radius 3 is 2.53 bits per heavy atom. The summed E-state index contributed by atoms with van der Waals surface area (Å²) in [5.41, 5.74) is 0.426. The maximum absolute atomic E-state index is 11.7. The number of fused-ring (bicyclic) bond motifs is 3. The van der Waals surface area contributed by atoms with E-state index in [0.717, 1.165) is 5.39 Å². The van der Waals surface area contributed by atoms with E-state index in [2.05, 4.69) is 4.98 Å². The van der Waals surface area contributed by atoms with Gasteiger partial charge < -0.3 is 4.42 Å². The van der Waals surface area contributed by atoms with Gasteiger partial charge in [0.05, 0.1) is 5.39 Å². The van der Waals surface area contributed by atoms with Crippen LogP contribution in [0, 0.1) is 5.39 Å². The summed E-state index contributed by atoms with van der Waals surface area (Å²) < 4.78 is 5.19. The summed E-state index contributed by atoms with van der Waals surface area (Å²) in [5.74, 6) is 0. The maximum Gasteiger partial charge on any atom is 0.396 e. The lowest BCUT2D eigenvalue weighted by molar-refractivity contribution is 0.570. The molecule has 1 heterocycles. The van der Waals surface area contributed by atoms with E-state index >= 15 is 0 Å². The first-order valence-corrected chi connectivity index (χ1v) is 5.11. The van der Waals surface area contributed by atoms with Crippen molar-refractivity contribution in [2.24, 2.45) is 0 Å². The highest BCUT2D eigenvalue weighted by molar-refractivity contribution is 6.10. The van der Waals surface area contributed by atoms with E-state index < -0.39 is 0 Å². The van der Waals surface area contributed by atoms with E-state index in [9.17, 15) is 4.79 Å². The average molecular weight is 223 g/mol. The van der Waals surface area contributed by atoms with Crippen molar-refractivity contribution in [1.82, 2.24) is 0 Å². The molecule has 2 aromatic carbocycles. The second-order valence-electron chi connectivity index (χ2n) is 3.69. The largest absolute Gasteiger partial charge is 0.422 e. The lowest BCUT2D eigenvalue weighted by Gasteiger charge is -1.98. The molecule has 0 amide bonds. The van der Waals surface area contributed by atoms with Crippen LogP contribution in [0.1, 0.15) is 0 Å². The summed E-state index contributed by atoms with van der Waals surface area (Å²) in [5, 5.41) is 10.8. The molecule has 17 heavy (non-hydrogen) atoms. The van der Waals surface area contributed by atoms with Crippen molar-refractivity contribution in [3.05, 3.63) is 57.9 Å². The van der Waals surface area contributed by atoms with Crippen LogP contribution in [0.5, 0.6) is 0 Å². The third kappa shape index (κ3) is 1.30. The minimum Gasteiger partial charge on any atom is -0.422 e. The molecule has 4 nitrogen and oxygen atoms in total. The van der Waals surface area contributed by atoms with E-state index in [4.69, 9.17) is 9.81 Å². The summed E-state index contributed by atoms with van der Waals surface area (Å²) in [4.78, 5) is 14.9. The van der Waals surface area contributed by atoms with Gasteiger partial charge in [0.15, 0.2) is 4.98 Å². The topological polar surface area (TPSA) is 58.4 Å². The first kappa shape index (κ1) is 9.55. The van der Waals surface area contributed by atoms with Crippen LogP contribution >= 0.6 is 0 Å². The predicted octanol–water partition coefficient (Wildman–Crippen LogP) is 3.43. The molecule has 0 unspecified atom stereocenters. The second kappa shape index (κ2) is 3.42. The van der Waals surface area contributed by atoms with Gasteiger partial charge >= 0.3 is 11.3 Å². The molecule has 0 aliphatic carbocycles. The van der Waals surface area contributed by atoms with E-state index in [1.54, 1.807) is 30.3 Å². The van der Waals surface area contributed by atoms with Crippen LogP contribution < -0.4 is 5.63 Å². The van der Waals surface area contributed by atoms with Gasteiger partial charge in [0.25, 0.3) is 0 Å². The molecule has 0 atom stereocenters. The van der Waals surface area contributed by atoms with Gasteiger partial charge in [-0.3, -0.25) is 0 Å². The van der Waals surface area contributed by atoms with Crippen LogP contribution in [0.2, 0.25) is 0 Å². The standard InChI is InChI=1S/C13H7N2O2/c14-15-10-6-3-7-11-12(10)8-4-1-2-5-9(8)13(16)17-11/h1-7H/q+1. The van der Waals surface area contributed by atoms with Gasteiger partial charge in [0, 0.05) is 11.5 Å².